The lowest BCUT2D eigenvalue weighted by Gasteiger charge is -2.06. The van der Waals surface area contributed by atoms with Crippen LogP contribution in [0.2, 0.25) is 5.02 Å². The maximum absolute atomic E-state index is 11.7. The van der Waals surface area contributed by atoms with E-state index in [2.05, 4.69) is 5.10 Å². The molecule has 0 saturated heterocycles. The number of aromatic nitrogens is 2. The number of nitrogens with zero attached hydrogens (tertiary/aromatic N) is 2. The zero-order valence-corrected chi connectivity index (χ0v) is 10.1. The van der Waals surface area contributed by atoms with Gasteiger partial charge < -0.3 is 4.74 Å². The quantitative estimate of drug-likeness (QED) is 0.608. The number of ether oxygens (including phenoxy) is 1. The van der Waals surface area contributed by atoms with Crippen LogP contribution in [-0.4, -0.2) is 15.7 Å². The molecule has 1 saturated carbocycles. The van der Waals surface area contributed by atoms with Crippen molar-refractivity contribution in [2.75, 3.05) is 0 Å². The Bertz CT molecular complexity index is 602. The minimum absolute atomic E-state index is 0.0537. The number of rotatable bonds is 2. The van der Waals surface area contributed by atoms with Crippen LogP contribution in [0, 0.1) is 5.92 Å². The number of hydrogen-bond acceptors (Lipinski definition) is 3. The Balaban J connectivity index is 2.05. The molecule has 1 aliphatic rings. The van der Waals surface area contributed by atoms with E-state index in [4.69, 9.17) is 16.3 Å². The van der Waals surface area contributed by atoms with Crippen molar-refractivity contribution in [1.29, 1.82) is 0 Å². The third kappa shape index (κ3) is 1.89. The summed E-state index contributed by atoms with van der Waals surface area (Å²) in [5, 5.41) is 5.47. The normalized spacial score (nSPS) is 15.2. The van der Waals surface area contributed by atoms with Gasteiger partial charge in [0.15, 0.2) is 5.75 Å². The van der Waals surface area contributed by atoms with Crippen molar-refractivity contribution in [2.24, 2.45) is 13.0 Å². The number of aryl methyl sites for hydroxylation is 1. The smallest absolute Gasteiger partial charge is 0.314 e. The molecular weight excluding hydrogens is 240 g/mol. The highest BCUT2D eigenvalue weighted by Gasteiger charge is 2.32. The molecule has 0 aliphatic heterocycles. The molecule has 0 N–H and O–H groups in total. The zero-order valence-electron chi connectivity index (χ0n) is 9.31. The first-order valence-electron chi connectivity index (χ1n) is 5.48. The fourth-order valence-electron chi connectivity index (χ4n) is 1.77. The Hall–Kier alpha value is -1.55. The van der Waals surface area contributed by atoms with E-state index in [-0.39, 0.29) is 11.9 Å². The number of fused-ring (bicyclic) bond motifs is 1. The predicted molar refractivity (Wildman–Crippen MR) is 64.1 cm³/mol. The molecule has 1 fully saturated rings. The van der Waals surface area contributed by atoms with Gasteiger partial charge in [0, 0.05) is 13.2 Å². The minimum atomic E-state index is -0.191. The Labute approximate surface area is 103 Å². The standard InChI is InChI=1S/C12H11ClN2O2/c1-15-6-8-10(14-15)5-4-9(13)11(8)17-12(16)7-2-3-7/h4-7H,2-3H2,1H3. The maximum atomic E-state index is 11.7. The van der Waals surface area contributed by atoms with Gasteiger partial charge in [-0.2, -0.15) is 5.10 Å². The lowest BCUT2D eigenvalue weighted by atomic mass is 10.2. The summed E-state index contributed by atoms with van der Waals surface area (Å²) >= 11 is 6.07. The number of halogens is 1. The van der Waals surface area contributed by atoms with Gasteiger partial charge in [0.1, 0.15) is 0 Å². The van der Waals surface area contributed by atoms with E-state index in [9.17, 15) is 4.79 Å². The van der Waals surface area contributed by atoms with Crippen molar-refractivity contribution in [2.45, 2.75) is 12.8 Å². The highest BCUT2D eigenvalue weighted by atomic mass is 35.5. The third-order valence-electron chi connectivity index (χ3n) is 2.82. The molecule has 3 rings (SSSR count). The Morgan fingerprint density at radius 3 is 3.00 bits per heavy atom. The minimum Gasteiger partial charge on any atom is -0.424 e. The van der Waals surface area contributed by atoms with Crippen LogP contribution in [0.25, 0.3) is 10.9 Å². The van der Waals surface area contributed by atoms with E-state index >= 15 is 0 Å². The van der Waals surface area contributed by atoms with Crippen LogP contribution in [0.4, 0.5) is 0 Å². The van der Waals surface area contributed by atoms with E-state index < -0.39 is 0 Å². The molecule has 5 heteroatoms. The predicted octanol–water partition coefficient (Wildman–Crippen LogP) is 2.54. The average Bonchev–Trinajstić information content (AvgIpc) is 3.05. The highest BCUT2D eigenvalue weighted by Crippen LogP contribution is 2.36. The second-order valence-corrected chi connectivity index (χ2v) is 4.71. The van der Waals surface area contributed by atoms with Gasteiger partial charge >= 0.3 is 5.97 Å². The molecule has 2 aromatic rings. The van der Waals surface area contributed by atoms with Crippen LogP contribution in [0.5, 0.6) is 5.75 Å². The van der Waals surface area contributed by atoms with E-state index in [1.165, 1.54) is 0 Å². The molecule has 4 nitrogen and oxygen atoms in total. The molecule has 0 amide bonds. The first kappa shape index (κ1) is 10.6. The van der Waals surface area contributed by atoms with Crippen molar-refractivity contribution in [3.05, 3.63) is 23.4 Å². The van der Waals surface area contributed by atoms with Crippen molar-refractivity contribution >= 4 is 28.5 Å². The molecule has 1 aromatic heterocycles. The molecule has 1 aromatic carbocycles. The zero-order chi connectivity index (χ0) is 12.0. The van der Waals surface area contributed by atoms with Gasteiger partial charge in [-0.3, -0.25) is 9.48 Å². The molecule has 1 heterocycles. The van der Waals surface area contributed by atoms with E-state index in [0.717, 1.165) is 23.7 Å². The summed E-state index contributed by atoms with van der Waals surface area (Å²) in [4.78, 5) is 11.7. The second kappa shape index (κ2) is 3.74. The molecule has 0 spiro atoms. The van der Waals surface area contributed by atoms with Gasteiger partial charge in [0.25, 0.3) is 0 Å². The van der Waals surface area contributed by atoms with Gasteiger partial charge in [-0.05, 0) is 25.0 Å². The van der Waals surface area contributed by atoms with Crippen LogP contribution >= 0.6 is 11.6 Å². The first-order valence-corrected chi connectivity index (χ1v) is 5.86. The van der Waals surface area contributed by atoms with Crippen molar-refractivity contribution < 1.29 is 9.53 Å². The highest BCUT2D eigenvalue weighted by molar-refractivity contribution is 6.33. The number of hydrogen-bond donors (Lipinski definition) is 0. The maximum Gasteiger partial charge on any atom is 0.314 e. The fourth-order valence-corrected chi connectivity index (χ4v) is 1.97. The summed E-state index contributed by atoms with van der Waals surface area (Å²) in [6.45, 7) is 0. The average molecular weight is 251 g/mol. The Morgan fingerprint density at radius 1 is 1.53 bits per heavy atom. The van der Waals surface area contributed by atoms with Gasteiger partial charge in [-0.15, -0.1) is 0 Å². The summed E-state index contributed by atoms with van der Waals surface area (Å²) < 4.78 is 7.05. The molecule has 88 valence electrons. The molecule has 0 unspecified atom stereocenters. The number of carbonyl (C=O) groups is 1. The van der Waals surface area contributed by atoms with Crippen LogP contribution in [0.15, 0.2) is 18.3 Å². The molecule has 0 bridgehead atoms. The van der Waals surface area contributed by atoms with Gasteiger partial charge in [-0.25, -0.2) is 0 Å². The summed E-state index contributed by atoms with van der Waals surface area (Å²) in [6, 6.07) is 3.51. The summed E-state index contributed by atoms with van der Waals surface area (Å²) in [5.74, 6) is 0.287. The Kier molecular flexibility index (Phi) is 2.33. The van der Waals surface area contributed by atoms with E-state index in [1.54, 1.807) is 16.9 Å². The monoisotopic (exact) mass is 250 g/mol. The van der Waals surface area contributed by atoms with Crippen LogP contribution in [-0.2, 0) is 11.8 Å². The second-order valence-electron chi connectivity index (χ2n) is 4.31. The Morgan fingerprint density at radius 2 is 2.29 bits per heavy atom. The fraction of sp³-hybridized carbons (Fsp3) is 0.333. The van der Waals surface area contributed by atoms with Crippen LogP contribution in [0.3, 0.4) is 0 Å². The largest absolute Gasteiger partial charge is 0.424 e. The summed E-state index contributed by atoms with van der Waals surface area (Å²) in [7, 11) is 1.82. The van der Waals surface area contributed by atoms with Crippen molar-refractivity contribution in [3.8, 4) is 5.75 Å². The number of esters is 1. The van der Waals surface area contributed by atoms with E-state index in [0.29, 0.717) is 10.8 Å². The summed E-state index contributed by atoms with van der Waals surface area (Å²) in [5.41, 5.74) is 0.774. The van der Waals surface area contributed by atoms with Gasteiger partial charge in [0.05, 0.1) is 21.8 Å². The van der Waals surface area contributed by atoms with Crippen LogP contribution in [0.1, 0.15) is 12.8 Å². The summed E-state index contributed by atoms with van der Waals surface area (Å²) in [6.07, 6.45) is 3.63. The molecule has 0 atom stereocenters. The van der Waals surface area contributed by atoms with E-state index in [1.807, 2.05) is 13.1 Å². The van der Waals surface area contributed by atoms with Crippen LogP contribution < -0.4 is 4.74 Å². The molecule has 0 radical (unpaired) electrons. The van der Waals surface area contributed by atoms with Gasteiger partial charge in [0.2, 0.25) is 0 Å². The van der Waals surface area contributed by atoms with Crippen molar-refractivity contribution in [1.82, 2.24) is 9.78 Å². The SMILES string of the molecule is Cn1cc2c(OC(=O)C3CC3)c(Cl)ccc2n1. The molecular formula is C12H11ClN2O2. The lowest BCUT2D eigenvalue weighted by Crippen LogP contribution is -2.10. The number of carbonyl (C=O) groups excluding carboxylic acids is 1. The number of benzene rings is 1. The molecule has 17 heavy (non-hydrogen) atoms. The van der Waals surface area contributed by atoms with Gasteiger partial charge in [-0.1, -0.05) is 11.6 Å². The molecule has 1 aliphatic carbocycles. The topological polar surface area (TPSA) is 44.1 Å². The lowest BCUT2D eigenvalue weighted by molar-refractivity contribution is -0.135. The first-order chi connectivity index (χ1) is 8.15. The third-order valence-corrected chi connectivity index (χ3v) is 3.12. The van der Waals surface area contributed by atoms with Crippen molar-refractivity contribution in [3.63, 3.8) is 0 Å².